The number of hydrogen-bond acceptors (Lipinski definition) is 3. The van der Waals surface area contributed by atoms with E-state index in [1.807, 2.05) is 0 Å². The highest BCUT2D eigenvalue weighted by atomic mass is 35.5. The smallest absolute Gasteiger partial charge is 0.227 e. The molecule has 2 saturated carbocycles. The van der Waals surface area contributed by atoms with Gasteiger partial charge in [-0.3, -0.25) is 4.79 Å². The Labute approximate surface area is 155 Å². The first kappa shape index (κ1) is 17.0. The number of anilines is 1. The van der Waals surface area contributed by atoms with E-state index < -0.39 is 5.82 Å². The number of carbonyl (C=O) groups excluding carboxylic acids is 1. The van der Waals surface area contributed by atoms with Crippen LogP contribution in [0.3, 0.4) is 0 Å². The predicted octanol–water partition coefficient (Wildman–Crippen LogP) is 5.42. The third-order valence-electron chi connectivity index (χ3n) is 5.68. The first-order valence-corrected chi connectivity index (χ1v) is 11.0. The summed E-state index contributed by atoms with van der Waals surface area (Å²) in [5.74, 6) is 3.48. The zero-order chi connectivity index (χ0) is 16.7. The van der Waals surface area contributed by atoms with Gasteiger partial charge in [0.05, 0.1) is 9.10 Å². The van der Waals surface area contributed by atoms with Crippen molar-refractivity contribution in [1.82, 2.24) is 0 Å². The van der Waals surface area contributed by atoms with E-state index in [9.17, 15) is 9.18 Å². The van der Waals surface area contributed by atoms with Crippen molar-refractivity contribution in [3.63, 3.8) is 0 Å². The molecule has 1 aromatic carbocycles. The topological polar surface area (TPSA) is 29.1 Å². The highest BCUT2D eigenvalue weighted by Crippen LogP contribution is 2.64. The molecule has 0 radical (unpaired) electrons. The first-order valence-electron chi connectivity index (χ1n) is 8.62. The molecule has 0 aromatic heterocycles. The first-order chi connectivity index (χ1) is 11.6. The van der Waals surface area contributed by atoms with Gasteiger partial charge in [-0.2, -0.15) is 0 Å². The molecule has 2 nitrogen and oxygen atoms in total. The molecule has 1 N–H and O–H groups in total. The number of amides is 1. The Morgan fingerprint density at radius 1 is 1.21 bits per heavy atom. The van der Waals surface area contributed by atoms with Crippen molar-refractivity contribution in [2.45, 2.75) is 36.2 Å². The summed E-state index contributed by atoms with van der Waals surface area (Å²) in [6, 6.07) is 4.36. The molecule has 1 aliphatic heterocycles. The lowest BCUT2D eigenvalue weighted by Gasteiger charge is -2.52. The van der Waals surface area contributed by atoms with Gasteiger partial charge in [-0.1, -0.05) is 18.0 Å². The van der Waals surface area contributed by atoms with Gasteiger partial charge in [0.1, 0.15) is 5.82 Å². The third kappa shape index (κ3) is 2.97. The highest BCUT2D eigenvalue weighted by molar-refractivity contribution is 8.21. The van der Waals surface area contributed by atoms with Gasteiger partial charge in [-0.05, 0) is 55.7 Å². The molecule has 2 unspecified atom stereocenters. The fourth-order valence-electron chi connectivity index (χ4n) is 4.64. The molecule has 1 heterocycles. The average molecular weight is 386 g/mol. The summed E-state index contributed by atoms with van der Waals surface area (Å²) in [7, 11) is 0. The van der Waals surface area contributed by atoms with Crippen molar-refractivity contribution in [3.8, 4) is 0 Å². The second-order valence-corrected chi connectivity index (χ2v) is 10.4. The monoisotopic (exact) mass is 385 g/mol. The normalized spacial score (nSPS) is 31.2. The van der Waals surface area contributed by atoms with Crippen molar-refractivity contribution in [2.75, 3.05) is 16.8 Å². The minimum Gasteiger partial charge on any atom is -0.326 e. The number of thioether (sulfide) groups is 2. The van der Waals surface area contributed by atoms with Crippen LogP contribution in [-0.2, 0) is 4.79 Å². The fraction of sp³-hybridized carbons (Fsp3) is 0.611. The zero-order valence-electron chi connectivity index (χ0n) is 13.4. The number of nitrogens with one attached hydrogen (secondary N) is 1. The lowest BCUT2D eigenvalue weighted by molar-refractivity contribution is -0.122. The Bertz CT molecular complexity index is 634. The van der Waals surface area contributed by atoms with Crippen LogP contribution < -0.4 is 5.32 Å². The molecule has 4 rings (SSSR count). The third-order valence-corrected chi connectivity index (χ3v) is 9.99. The van der Waals surface area contributed by atoms with E-state index in [1.165, 1.54) is 42.9 Å². The van der Waals surface area contributed by atoms with Crippen molar-refractivity contribution in [2.24, 2.45) is 17.8 Å². The van der Waals surface area contributed by atoms with Crippen LogP contribution >= 0.6 is 35.1 Å². The summed E-state index contributed by atoms with van der Waals surface area (Å²) in [5.41, 5.74) is 0.585. The number of benzene rings is 1. The van der Waals surface area contributed by atoms with Crippen molar-refractivity contribution in [1.29, 1.82) is 0 Å². The van der Waals surface area contributed by atoms with E-state index >= 15 is 0 Å². The summed E-state index contributed by atoms with van der Waals surface area (Å²) >= 11 is 10.1. The van der Waals surface area contributed by atoms with Crippen LogP contribution in [0.5, 0.6) is 0 Å². The summed E-state index contributed by atoms with van der Waals surface area (Å²) in [4.78, 5) is 12.7. The van der Waals surface area contributed by atoms with Gasteiger partial charge in [-0.15, -0.1) is 23.5 Å². The summed E-state index contributed by atoms with van der Waals surface area (Å²) in [6.07, 6.45) is 5.78. The van der Waals surface area contributed by atoms with E-state index in [4.69, 9.17) is 11.6 Å². The lowest BCUT2D eigenvalue weighted by Crippen LogP contribution is -2.48. The van der Waals surface area contributed by atoms with Crippen molar-refractivity contribution >= 4 is 46.7 Å². The predicted molar refractivity (Wildman–Crippen MR) is 101 cm³/mol. The van der Waals surface area contributed by atoms with Crippen molar-refractivity contribution in [3.05, 3.63) is 29.0 Å². The second kappa shape index (κ2) is 6.73. The maximum absolute atomic E-state index is 13.3. The molecule has 24 heavy (non-hydrogen) atoms. The lowest BCUT2D eigenvalue weighted by atomic mass is 9.67. The highest BCUT2D eigenvalue weighted by Gasteiger charge is 2.55. The quantitative estimate of drug-likeness (QED) is 0.736. The molecule has 2 bridgehead atoms. The minimum atomic E-state index is -0.459. The molecule has 1 saturated heterocycles. The van der Waals surface area contributed by atoms with Crippen LogP contribution in [0.2, 0.25) is 5.02 Å². The Balaban J connectivity index is 1.47. The molecule has 3 fully saturated rings. The summed E-state index contributed by atoms with van der Waals surface area (Å²) < 4.78 is 13.6. The van der Waals surface area contributed by atoms with Crippen LogP contribution in [0.1, 0.15) is 32.1 Å². The maximum atomic E-state index is 13.3. The van der Waals surface area contributed by atoms with E-state index in [2.05, 4.69) is 28.8 Å². The standard InChI is InChI=1S/C18H21ClFNOS2/c19-15-10-14(4-5-16(15)20)21-17(22)11-8-12-2-1-3-13(9-11)18(12)23-6-7-24-18/h4-5,10-13H,1-3,6-9H2,(H,21,22). The molecule has 2 atom stereocenters. The van der Waals surface area contributed by atoms with Crippen LogP contribution in [0.15, 0.2) is 18.2 Å². The van der Waals surface area contributed by atoms with E-state index in [1.54, 1.807) is 6.07 Å². The number of halogens is 2. The van der Waals surface area contributed by atoms with Gasteiger partial charge in [0.2, 0.25) is 5.91 Å². The minimum absolute atomic E-state index is 0.0472. The van der Waals surface area contributed by atoms with Crippen molar-refractivity contribution < 1.29 is 9.18 Å². The van der Waals surface area contributed by atoms with Gasteiger partial charge < -0.3 is 5.32 Å². The fourth-order valence-corrected chi connectivity index (χ4v) is 8.76. The van der Waals surface area contributed by atoms with E-state index in [0.29, 0.717) is 21.6 Å². The largest absolute Gasteiger partial charge is 0.326 e. The van der Waals surface area contributed by atoms with Gasteiger partial charge in [0.15, 0.2) is 0 Å². The van der Waals surface area contributed by atoms with Crippen LogP contribution in [-0.4, -0.2) is 21.5 Å². The molecule has 2 aliphatic carbocycles. The van der Waals surface area contributed by atoms with E-state index in [-0.39, 0.29) is 16.8 Å². The Hall–Kier alpha value is -0.390. The van der Waals surface area contributed by atoms with Gasteiger partial charge in [-0.25, -0.2) is 4.39 Å². The SMILES string of the molecule is O=C(Nc1ccc(F)c(Cl)c1)C1CC2CCCC(C1)C21SCCS1. The number of rotatable bonds is 2. The second-order valence-electron chi connectivity index (χ2n) is 7.03. The average Bonchev–Trinajstić information content (AvgIpc) is 3.00. The summed E-state index contributed by atoms with van der Waals surface area (Å²) in [5, 5.41) is 2.99. The molecule has 130 valence electrons. The molecular weight excluding hydrogens is 365 g/mol. The molecule has 1 aromatic rings. The van der Waals surface area contributed by atoms with Crippen LogP contribution in [0, 0.1) is 23.6 Å². The molecule has 1 amide bonds. The maximum Gasteiger partial charge on any atom is 0.227 e. The molecule has 1 spiro atoms. The number of hydrogen-bond donors (Lipinski definition) is 1. The Morgan fingerprint density at radius 2 is 1.88 bits per heavy atom. The summed E-state index contributed by atoms with van der Waals surface area (Å²) in [6.45, 7) is 0. The van der Waals surface area contributed by atoms with E-state index in [0.717, 1.165) is 12.8 Å². The van der Waals surface area contributed by atoms with Crippen LogP contribution in [0.25, 0.3) is 0 Å². The number of carbonyl (C=O) groups is 1. The van der Waals surface area contributed by atoms with Gasteiger partial charge >= 0.3 is 0 Å². The molecular formula is C18H21ClFNOS2. The molecule has 6 heteroatoms. The van der Waals surface area contributed by atoms with Gasteiger partial charge in [0, 0.05) is 23.1 Å². The Morgan fingerprint density at radius 3 is 2.50 bits per heavy atom. The Kier molecular flexibility index (Phi) is 4.78. The molecule has 3 aliphatic rings. The van der Waals surface area contributed by atoms with Gasteiger partial charge in [0.25, 0.3) is 0 Å². The zero-order valence-corrected chi connectivity index (χ0v) is 15.8. The van der Waals surface area contributed by atoms with Crippen LogP contribution in [0.4, 0.5) is 10.1 Å².